The molecule has 2 rings (SSSR count). The molecule has 0 unspecified atom stereocenters. The number of hydrogen-bond donors (Lipinski definition) is 1. The summed E-state index contributed by atoms with van der Waals surface area (Å²) in [5, 5.41) is 3.47. The molecule has 2 aliphatic rings. The second-order valence-corrected chi connectivity index (χ2v) is 5.36. The van der Waals surface area contributed by atoms with Gasteiger partial charge in [-0.05, 0) is 33.6 Å². The van der Waals surface area contributed by atoms with Gasteiger partial charge in [0.2, 0.25) is 0 Å². The standard InChI is InChI=1S/C12H26N4/c1-14(2)8-9-15-10-12(11-15)16-6-3-4-13-5-7-16/h12-13H,3-11H2,1-2H3. The Hall–Kier alpha value is -0.160. The molecule has 2 aliphatic heterocycles. The summed E-state index contributed by atoms with van der Waals surface area (Å²) in [5.41, 5.74) is 0. The fourth-order valence-corrected chi connectivity index (χ4v) is 2.53. The first kappa shape index (κ1) is 12.3. The molecule has 0 aliphatic carbocycles. The van der Waals surface area contributed by atoms with Crippen LogP contribution in [0, 0.1) is 0 Å². The predicted molar refractivity (Wildman–Crippen MR) is 67.8 cm³/mol. The van der Waals surface area contributed by atoms with E-state index in [1.165, 1.54) is 58.8 Å². The highest BCUT2D eigenvalue weighted by molar-refractivity contribution is 4.89. The summed E-state index contributed by atoms with van der Waals surface area (Å²) in [6, 6.07) is 0.835. The first-order valence-corrected chi connectivity index (χ1v) is 6.57. The van der Waals surface area contributed by atoms with Gasteiger partial charge in [-0.2, -0.15) is 0 Å². The molecule has 4 heteroatoms. The summed E-state index contributed by atoms with van der Waals surface area (Å²) >= 11 is 0. The van der Waals surface area contributed by atoms with Gasteiger partial charge in [0.15, 0.2) is 0 Å². The maximum absolute atomic E-state index is 3.47. The highest BCUT2D eigenvalue weighted by Crippen LogP contribution is 2.15. The average molecular weight is 226 g/mol. The SMILES string of the molecule is CN(C)CCN1CC(N2CCCNCC2)C1. The van der Waals surface area contributed by atoms with Crippen molar-refractivity contribution in [2.75, 3.05) is 66.5 Å². The van der Waals surface area contributed by atoms with E-state index in [0.29, 0.717) is 0 Å². The van der Waals surface area contributed by atoms with Gasteiger partial charge >= 0.3 is 0 Å². The number of hydrogen-bond acceptors (Lipinski definition) is 4. The van der Waals surface area contributed by atoms with Gasteiger partial charge in [0, 0.05) is 45.3 Å². The topological polar surface area (TPSA) is 21.8 Å². The minimum absolute atomic E-state index is 0.835. The van der Waals surface area contributed by atoms with Crippen molar-refractivity contribution in [2.45, 2.75) is 12.5 Å². The quantitative estimate of drug-likeness (QED) is 0.699. The van der Waals surface area contributed by atoms with Crippen LogP contribution >= 0.6 is 0 Å². The zero-order chi connectivity index (χ0) is 11.4. The van der Waals surface area contributed by atoms with Crippen LogP contribution in [0.4, 0.5) is 0 Å². The van der Waals surface area contributed by atoms with Crippen molar-refractivity contribution in [3.05, 3.63) is 0 Å². The third-order valence-corrected chi connectivity index (χ3v) is 3.69. The highest BCUT2D eigenvalue weighted by Gasteiger charge is 2.31. The van der Waals surface area contributed by atoms with Crippen molar-refractivity contribution >= 4 is 0 Å². The van der Waals surface area contributed by atoms with Gasteiger partial charge in [-0.3, -0.25) is 9.80 Å². The summed E-state index contributed by atoms with van der Waals surface area (Å²) < 4.78 is 0. The van der Waals surface area contributed by atoms with Gasteiger partial charge in [-0.25, -0.2) is 0 Å². The molecular weight excluding hydrogens is 200 g/mol. The van der Waals surface area contributed by atoms with Crippen LogP contribution in [0.2, 0.25) is 0 Å². The highest BCUT2D eigenvalue weighted by atomic mass is 15.3. The largest absolute Gasteiger partial charge is 0.315 e. The lowest BCUT2D eigenvalue weighted by Crippen LogP contribution is -2.60. The second kappa shape index (κ2) is 5.96. The minimum atomic E-state index is 0.835. The van der Waals surface area contributed by atoms with E-state index in [-0.39, 0.29) is 0 Å². The van der Waals surface area contributed by atoms with E-state index in [2.05, 4.69) is 34.1 Å². The molecule has 0 spiro atoms. The fourth-order valence-electron chi connectivity index (χ4n) is 2.53. The summed E-state index contributed by atoms with van der Waals surface area (Å²) in [4.78, 5) is 7.51. The van der Waals surface area contributed by atoms with Crippen molar-refractivity contribution in [1.82, 2.24) is 20.0 Å². The van der Waals surface area contributed by atoms with E-state index in [1.807, 2.05) is 0 Å². The molecule has 0 radical (unpaired) electrons. The Bertz CT molecular complexity index is 193. The van der Waals surface area contributed by atoms with Crippen molar-refractivity contribution in [3.8, 4) is 0 Å². The summed E-state index contributed by atoms with van der Waals surface area (Å²) in [6.45, 7) is 9.90. The van der Waals surface area contributed by atoms with Gasteiger partial charge in [-0.1, -0.05) is 0 Å². The molecule has 2 fully saturated rings. The van der Waals surface area contributed by atoms with Gasteiger partial charge in [-0.15, -0.1) is 0 Å². The van der Waals surface area contributed by atoms with Gasteiger partial charge in [0.25, 0.3) is 0 Å². The van der Waals surface area contributed by atoms with E-state index < -0.39 is 0 Å². The Morgan fingerprint density at radius 3 is 2.75 bits per heavy atom. The smallest absolute Gasteiger partial charge is 0.0351 e. The van der Waals surface area contributed by atoms with Crippen molar-refractivity contribution < 1.29 is 0 Å². The molecule has 2 saturated heterocycles. The van der Waals surface area contributed by atoms with E-state index >= 15 is 0 Å². The van der Waals surface area contributed by atoms with E-state index in [9.17, 15) is 0 Å². The van der Waals surface area contributed by atoms with Crippen LogP contribution in [0.1, 0.15) is 6.42 Å². The Labute approximate surface area is 99.6 Å². The van der Waals surface area contributed by atoms with Crippen LogP contribution in [0.25, 0.3) is 0 Å². The van der Waals surface area contributed by atoms with Gasteiger partial charge in [0.05, 0.1) is 0 Å². The molecular formula is C12H26N4. The van der Waals surface area contributed by atoms with Crippen LogP contribution < -0.4 is 5.32 Å². The number of likely N-dealkylation sites (tertiary alicyclic amines) is 1. The van der Waals surface area contributed by atoms with Gasteiger partial charge < -0.3 is 10.2 Å². The maximum Gasteiger partial charge on any atom is 0.0351 e. The van der Waals surface area contributed by atoms with Crippen LogP contribution in [0.5, 0.6) is 0 Å². The molecule has 0 amide bonds. The Kier molecular flexibility index (Phi) is 4.58. The molecule has 0 bridgehead atoms. The van der Waals surface area contributed by atoms with Crippen molar-refractivity contribution in [2.24, 2.45) is 0 Å². The van der Waals surface area contributed by atoms with Crippen LogP contribution in [-0.2, 0) is 0 Å². The Balaban J connectivity index is 1.63. The lowest BCUT2D eigenvalue weighted by Gasteiger charge is -2.45. The fraction of sp³-hybridized carbons (Fsp3) is 1.00. The van der Waals surface area contributed by atoms with E-state index in [4.69, 9.17) is 0 Å². The van der Waals surface area contributed by atoms with Crippen molar-refractivity contribution in [1.29, 1.82) is 0 Å². The first-order chi connectivity index (χ1) is 7.75. The number of rotatable bonds is 4. The minimum Gasteiger partial charge on any atom is -0.315 e. The number of likely N-dealkylation sites (N-methyl/N-ethyl adjacent to an activating group) is 1. The number of nitrogens with zero attached hydrogens (tertiary/aromatic N) is 3. The monoisotopic (exact) mass is 226 g/mol. The first-order valence-electron chi connectivity index (χ1n) is 6.57. The Morgan fingerprint density at radius 2 is 2.00 bits per heavy atom. The molecule has 0 saturated carbocycles. The van der Waals surface area contributed by atoms with Gasteiger partial charge in [0.1, 0.15) is 0 Å². The zero-order valence-electron chi connectivity index (χ0n) is 10.8. The van der Waals surface area contributed by atoms with E-state index in [0.717, 1.165) is 6.04 Å². The second-order valence-electron chi connectivity index (χ2n) is 5.36. The predicted octanol–water partition coefficient (Wildman–Crippen LogP) is -0.472. The zero-order valence-corrected chi connectivity index (χ0v) is 10.8. The van der Waals surface area contributed by atoms with Crippen molar-refractivity contribution in [3.63, 3.8) is 0 Å². The summed E-state index contributed by atoms with van der Waals surface area (Å²) in [7, 11) is 4.30. The third-order valence-electron chi connectivity index (χ3n) is 3.69. The normalized spacial score (nSPS) is 25.7. The maximum atomic E-state index is 3.47. The summed E-state index contributed by atoms with van der Waals surface area (Å²) in [6.07, 6.45) is 1.31. The van der Waals surface area contributed by atoms with Crippen LogP contribution in [-0.4, -0.2) is 87.2 Å². The summed E-state index contributed by atoms with van der Waals surface area (Å²) in [5.74, 6) is 0. The van der Waals surface area contributed by atoms with Crippen LogP contribution in [0.15, 0.2) is 0 Å². The lowest BCUT2D eigenvalue weighted by molar-refractivity contribution is 0.0340. The van der Waals surface area contributed by atoms with Crippen LogP contribution in [0.3, 0.4) is 0 Å². The molecule has 0 aromatic heterocycles. The molecule has 94 valence electrons. The molecule has 2 heterocycles. The third kappa shape index (κ3) is 3.42. The lowest BCUT2D eigenvalue weighted by atomic mass is 10.1. The molecule has 0 aromatic carbocycles. The number of nitrogens with one attached hydrogen (secondary N) is 1. The average Bonchev–Trinajstić information content (AvgIpc) is 2.43. The molecule has 0 aromatic rings. The molecule has 0 atom stereocenters. The molecule has 1 N–H and O–H groups in total. The van der Waals surface area contributed by atoms with E-state index in [1.54, 1.807) is 0 Å². The Morgan fingerprint density at radius 1 is 1.19 bits per heavy atom. The molecule has 4 nitrogen and oxygen atoms in total. The molecule has 16 heavy (non-hydrogen) atoms.